The van der Waals surface area contributed by atoms with E-state index in [1.807, 2.05) is 0 Å². The summed E-state index contributed by atoms with van der Waals surface area (Å²) in [5, 5.41) is 8.06. The molecular formula is C4H10ClNO. The SMILES string of the molecule is Cl.NCC=CCO. The lowest BCUT2D eigenvalue weighted by Crippen LogP contribution is -1.92. The standard InChI is InChI=1S/C4H9NO.ClH/c5-3-1-2-4-6;/h1-2,6H,3-5H2;1H. The van der Waals surface area contributed by atoms with Gasteiger partial charge in [0.05, 0.1) is 6.61 Å². The lowest BCUT2D eigenvalue weighted by atomic mass is 10.5. The van der Waals surface area contributed by atoms with E-state index in [0.717, 1.165) is 0 Å². The van der Waals surface area contributed by atoms with Gasteiger partial charge in [-0.15, -0.1) is 12.4 Å². The van der Waals surface area contributed by atoms with Gasteiger partial charge < -0.3 is 10.8 Å². The monoisotopic (exact) mass is 123 g/mol. The van der Waals surface area contributed by atoms with Gasteiger partial charge in [0, 0.05) is 6.54 Å². The molecule has 0 aromatic carbocycles. The van der Waals surface area contributed by atoms with Crippen LogP contribution < -0.4 is 5.73 Å². The summed E-state index contributed by atoms with van der Waals surface area (Å²) in [5.74, 6) is 0. The molecule has 0 rings (SSSR count). The second kappa shape index (κ2) is 9.34. The van der Waals surface area contributed by atoms with Gasteiger partial charge >= 0.3 is 0 Å². The lowest BCUT2D eigenvalue weighted by molar-refractivity contribution is 0.342. The van der Waals surface area contributed by atoms with Crippen LogP contribution in [0.25, 0.3) is 0 Å². The van der Waals surface area contributed by atoms with Crippen LogP contribution in [0.4, 0.5) is 0 Å². The first-order chi connectivity index (χ1) is 2.91. The Bertz CT molecular complexity index is 41.0. The zero-order valence-electron chi connectivity index (χ0n) is 4.00. The Morgan fingerprint density at radius 2 is 2.00 bits per heavy atom. The summed E-state index contributed by atoms with van der Waals surface area (Å²) in [5.41, 5.74) is 5.02. The van der Waals surface area contributed by atoms with Gasteiger partial charge in [0.1, 0.15) is 0 Å². The number of nitrogens with two attached hydrogens (primary N) is 1. The van der Waals surface area contributed by atoms with E-state index >= 15 is 0 Å². The minimum atomic E-state index is 0. The molecule has 0 saturated carbocycles. The fourth-order valence-corrected chi connectivity index (χ4v) is 0.171. The summed E-state index contributed by atoms with van der Waals surface area (Å²) in [7, 11) is 0. The van der Waals surface area contributed by atoms with E-state index in [1.54, 1.807) is 12.2 Å². The molecule has 0 atom stereocenters. The summed E-state index contributed by atoms with van der Waals surface area (Å²) < 4.78 is 0. The predicted molar refractivity (Wildman–Crippen MR) is 32.5 cm³/mol. The quantitative estimate of drug-likeness (QED) is 0.505. The second-order valence-corrected chi connectivity index (χ2v) is 0.890. The smallest absolute Gasteiger partial charge is 0.0612 e. The largest absolute Gasteiger partial charge is 0.392 e. The number of aliphatic hydroxyl groups is 1. The Morgan fingerprint density at radius 1 is 1.43 bits per heavy atom. The Hall–Kier alpha value is -0.0500. The topological polar surface area (TPSA) is 46.2 Å². The predicted octanol–water partition coefficient (Wildman–Crippen LogP) is -0.0846. The fraction of sp³-hybridized carbons (Fsp3) is 0.500. The molecule has 3 heteroatoms. The van der Waals surface area contributed by atoms with E-state index < -0.39 is 0 Å². The van der Waals surface area contributed by atoms with Crippen molar-refractivity contribution in [3.63, 3.8) is 0 Å². The van der Waals surface area contributed by atoms with E-state index in [-0.39, 0.29) is 19.0 Å². The van der Waals surface area contributed by atoms with Crippen molar-refractivity contribution in [2.24, 2.45) is 5.73 Å². The maximum atomic E-state index is 8.06. The number of hydrogen-bond donors (Lipinski definition) is 2. The third-order valence-corrected chi connectivity index (χ3v) is 0.408. The fourth-order valence-electron chi connectivity index (χ4n) is 0.171. The zero-order valence-corrected chi connectivity index (χ0v) is 4.82. The molecule has 2 nitrogen and oxygen atoms in total. The van der Waals surface area contributed by atoms with Crippen molar-refractivity contribution in [1.82, 2.24) is 0 Å². The lowest BCUT2D eigenvalue weighted by Gasteiger charge is -1.73. The molecule has 0 radical (unpaired) electrons. The first-order valence-electron chi connectivity index (χ1n) is 1.87. The van der Waals surface area contributed by atoms with E-state index in [4.69, 9.17) is 10.8 Å². The molecule has 0 unspecified atom stereocenters. The van der Waals surface area contributed by atoms with Gasteiger partial charge in [0.2, 0.25) is 0 Å². The molecule has 0 aromatic heterocycles. The van der Waals surface area contributed by atoms with Gasteiger partial charge in [-0.1, -0.05) is 12.2 Å². The highest BCUT2D eigenvalue weighted by Gasteiger charge is 1.60. The van der Waals surface area contributed by atoms with Crippen LogP contribution >= 0.6 is 12.4 Å². The normalized spacial score (nSPS) is 8.86. The molecule has 44 valence electrons. The molecule has 3 N–H and O–H groups in total. The molecule has 0 amide bonds. The van der Waals surface area contributed by atoms with E-state index in [9.17, 15) is 0 Å². The first kappa shape index (κ1) is 10.0. The van der Waals surface area contributed by atoms with Crippen molar-refractivity contribution in [3.05, 3.63) is 12.2 Å². The number of halogens is 1. The van der Waals surface area contributed by atoms with Crippen LogP contribution in [0.5, 0.6) is 0 Å². The molecule has 0 aliphatic rings. The maximum absolute atomic E-state index is 8.06. The highest BCUT2D eigenvalue weighted by atomic mass is 35.5. The third kappa shape index (κ3) is 10.7. The Kier molecular flexibility index (Phi) is 13.4. The van der Waals surface area contributed by atoms with Crippen molar-refractivity contribution in [1.29, 1.82) is 0 Å². The van der Waals surface area contributed by atoms with Crippen molar-refractivity contribution < 1.29 is 5.11 Å². The van der Waals surface area contributed by atoms with Crippen LogP contribution in [-0.4, -0.2) is 18.3 Å². The van der Waals surface area contributed by atoms with Crippen LogP contribution in [0.15, 0.2) is 12.2 Å². The van der Waals surface area contributed by atoms with Crippen LogP contribution in [0.2, 0.25) is 0 Å². The van der Waals surface area contributed by atoms with E-state index in [2.05, 4.69) is 0 Å². The average molecular weight is 124 g/mol. The summed E-state index contributed by atoms with van der Waals surface area (Å²) in [6.07, 6.45) is 3.32. The molecule has 0 aliphatic carbocycles. The van der Waals surface area contributed by atoms with Gasteiger partial charge in [-0.3, -0.25) is 0 Å². The maximum Gasteiger partial charge on any atom is 0.0612 e. The molecular weight excluding hydrogens is 114 g/mol. The molecule has 0 aromatic rings. The van der Waals surface area contributed by atoms with Crippen LogP contribution in [0, 0.1) is 0 Å². The second-order valence-electron chi connectivity index (χ2n) is 0.890. The molecule has 0 saturated heterocycles. The van der Waals surface area contributed by atoms with Crippen molar-refractivity contribution >= 4 is 12.4 Å². The van der Waals surface area contributed by atoms with Gasteiger partial charge in [-0.2, -0.15) is 0 Å². The van der Waals surface area contributed by atoms with Crippen LogP contribution in [0.1, 0.15) is 0 Å². The highest BCUT2D eigenvalue weighted by molar-refractivity contribution is 5.85. The van der Waals surface area contributed by atoms with Gasteiger partial charge in [-0.05, 0) is 0 Å². The van der Waals surface area contributed by atoms with Gasteiger partial charge in [0.25, 0.3) is 0 Å². The summed E-state index contributed by atoms with van der Waals surface area (Å²) in [4.78, 5) is 0. The third-order valence-electron chi connectivity index (χ3n) is 0.408. The summed E-state index contributed by atoms with van der Waals surface area (Å²) in [6, 6.07) is 0. The Labute approximate surface area is 49.4 Å². The van der Waals surface area contributed by atoms with Crippen LogP contribution in [0.3, 0.4) is 0 Å². The van der Waals surface area contributed by atoms with Crippen molar-refractivity contribution in [2.45, 2.75) is 0 Å². The minimum absolute atomic E-state index is 0. The zero-order chi connectivity index (χ0) is 4.83. The average Bonchev–Trinajstić information content (AvgIpc) is 1.61. The molecule has 0 aliphatic heterocycles. The van der Waals surface area contributed by atoms with Crippen LogP contribution in [-0.2, 0) is 0 Å². The number of hydrogen-bond acceptors (Lipinski definition) is 2. The number of rotatable bonds is 2. The number of aliphatic hydroxyl groups excluding tert-OH is 1. The molecule has 0 heterocycles. The molecule has 7 heavy (non-hydrogen) atoms. The Morgan fingerprint density at radius 3 is 2.14 bits per heavy atom. The van der Waals surface area contributed by atoms with Crippen molar-refractivity contribution in [2.75, 3.05) is 13.2 Å². The van der Waals surface area contributed by atoms with Gasteiger partial charge in [-0.25, -0.2) is 0 Å². The highest BCUT2D eigenvalue weighted by Crippen LogP contribution is 1.61. The summed E-state index contributed by atoms with van der Waals surface area (Å²) in [6.45, 7) is 0.609. The molecule has 0 bridgehead atoms. The molecule has 0 spiro atoms. The Balaban J connectivity index is 0. The minimum Gasteiger partial charge on any atom is -0.392 e. The van der Waals surface area contributed by atoms with E-state index in [1.165, 1.54) is 0 Å². The van der Waals surface area contributed by atoms with E-state index in [0.29, 0.717) is 6.54 Å². The summed E-state index contributed by atoms with van der Waals surface area (Å²) >= 11 is 0. The van der Waals surface area contributed by atoms with Gasteiger partial charge in [0.15, 0.2) is 0 Å². The van der Waals surface area contributed by atoms with Crippen molar-refractivity contribution in [3.8, 4) is 0 Å². The molecule has 0 fully saturated rings. The first-order valence-corrected chi connectivity index (χ1v) is 1.87.